The molecule has 0 saturated carbocycles. The fourth-order valence-electron chi connectivity index (χ4n) is 2.40. The van der Waals surface area contributed by atoms with Crippen LogP contribution in [0.5, 0.6) is 5.75 Å². The van der Waals surface area contributed by atoms with Crippen molar-refractivity contribution in [1.82, 2.24) is 19.3 Å². The highest BCUT2D eigenvalue weighted by atomic mass is 19.1. The van der Waals surface area contributed by atoms with Crippen LogP contribution in [0.2, 0.25) is 0 Å². The van der Waals surface area contributed by atoms with Crippen molar-refractivity contribution in [3.05, 3.63) is 56.5 Å². The molecular formula is C14H12FN5O4. The highest BCUT2D eigenvalue weighted by molar-refractivity contribution is 5.72. The zero-order chi connectivity index (χ0) is 17.4. The highest BCUT2D eigenvalue weighted by Crippen LogP contribution is 2.28. The Hall–Kier alpha value is -3.30. The summed E-state index contributed by atoms with van der Waals surface area (Å²) >= 11 is 0. The molecule has 0 amide bonds. The molecule has 2 aromatic heterocycles. The molecule has 24 heavy (non-hydrogen) atoms. The second kappa shape index (κ2) is 5.72. The van der Waals surface area contributed by atoms with E-state index >= 15 is 0 Å². The number of nitro groups is 1. The number of nitro benzene ring substituents is 1. The lowest BCUT2D eigenvalue weighted by Gasteiger charge is -2.09. The minimum absolute atomic E-state index is 0.130. The molecule has 0 atom stereocenters. The van der Waals surface area contributed by atoms with Gasteiger partial charge in [0.1, 0.15) is 11.7 Å². The van der Waals surface area contributed by atoms with Crippen LogP contribution in [0.15, 0.2) is 29.5 Å². The van der Waals surface area contributed by atoms with Crippen LogP contribution >= 0.6 is 0 Å². The predicted molar refractivity (Wildman–Crippen MR) is 81.5 cm³/mol. The first-order valence-electron chi connectivity index (χ1n) is 6.80. The van der Waals surface area contributed by atoms with E-state index in [4.69, 9.17) is 4.74 Å². The van der Waals surface area contributed by atoms with Gasteiger partial charge in [0.2, 0.25) is 0 Å². The van der Waals surface area contributed by atoms with Gasteiger partial charge in [0.15, 0.2) is 17.2 Å². The molecule has 0 N–H and O–H groups in total. The largest absolute Gasteiger partial charge is 0.494 e. The van der Waals surface area contributed by atoms with E-state index in [0.717, 1.165) is 6.07 Å². The topological polar surface area (TPSA) is 105 Å². The molecule has 0 saturated heterocycles. The number of nitrogens with zero attached hydrogens (tertiary/aromatic N) is 5. The Morgan fingerprint density at radius 2 is 2.17 bits per heavy atom. The third kappa shape index (κ3) is 2.47. The van der Waals surface area contributed by atoms with Crippen molar-refractivity contribution in [3.8, 4) is 5.75 Å². The van der Waals surface area contributed by atoms with Gasteiger partial charge < -0.3 is 4.74 Å². The fourth-order valence-corrected chi connectivity index (χ4v) is 2.40. The average Bonchev–Trinajstić information content (AvgIpc) is 2.93. The van der Waals surface area contributed by atoms with Gasteiger partial charge in [-0.05, 0) is 6.07 Å². The lowest BCUT2D eigenvalue weighted by Crippen LogP contribution is -2.21. The van der Waals surface area contributed by atoms with Crippen LogP contribution in [0.4, 0.5) is 10.1 Å². The van der Waals surface area contributed by atoms with Crippen molar-refractivity contribution in [1.29, 1.82) is 0 Å². The van der Waals surface area contributed by atoms with Crippen molar-refractivity contribution in [3.63, 3.8) is 0 Å². The maximum Gasteiger partial charge on any atom is 0.277 e. The standard InChI is InChI=1S/C14H12FN5O4/c1-18-13-9(5-17-18)14(21)19(7-16-13)6-8-3-12(24-2)10(15)4-11(8)20(22)23/h3-5,7H,6H2,1-2H3. The maximum absolute atomic E-state index is 13.7. The fraction of sp³-hybridized carbons (Fsp3) is 0.214. The second-order valence-electron chi connectivity index (χ2n) is 5.06. The quantitative estimate of drug-likeness (QED) is 0.525. The molecule has 0 aliphatic heterocycles. The molecule has 9 nitrogen and oxygen atoms in total. The first kappa shape index (κ1) is 15.6. The molecule has 0 aliphatic carbocycles. The zero-order valence-electron chi connectivity index (χ0n) is 12.8. The van der Waals surface area contributed by atoms with E-state index in [-0.39, 0.29) is 23.2 Å². The summed E-state index contributed by atoms with van der Waals surface area (Å²) in [4.78, 5) is 27.0. The molecule has 3 rings (SSSR count). The number of benzene rings is 1. The first-order valence-corrected chi connectivity index (χ1v) is 6.80. The molecule has 10 heteroatoms. The summed E-state index contributed by atoms with van der Waals surface area (Å²) in [6, 6.07) is 1.97. The number of fused-ring (bicyclic) bond motifs is 1. The van der Waals surface area contributed by atoms with Gasteiger partial charge in [-0.25, -0.2) is 9.37 Å². The van der Waals surface area contributed by atoms with Crippen molar-refractivity contribution >= 4 is 16.7 Å². The van der Waals surface area contributed by atoms with Gasteiger partial charge in [0.05, 0.1) is 36.4 Å². The molecule has 2 heterocycles. The number of aromatic nitrogens is 4. The van der Waals surface area contributed by atoms with Crippen molar-refractivity contribution in [2.24, 2.45) is 7.05 Å². The maximum atomic E-state index is 13.7. The smallest absolute Gasteiger partial charge is 0.277 e. The van der Waals surface area contributed by atoms with Gasteiger partial charge in [-0.1, -0.05) is 0 Å². The van der Waals surface area contributed by atoms with Gasteiger partial charge >= 0.3 is 0 Å². The van der Waals surface area contributed by atoms with Gasteiger partial charge in [0, 0.05) is 7.05 Å². The summed E-state index contributed by atoms with van der Waals surface area (Å²) in [7, 11) is 2.90. The molecule has 0 aliphatic rings. The minimum Gasteiger partial charge on any atom is -0.494 e. The number of halogens is 1. The Morgan fingerprint density at radius 3 is 2.83 bits per heavy atom. The number of methoxy groups -OCH3 is 1. The molecule has 1 aromatic carbocycles. The van der Waals surface area contributed by atoms with Gasteiger partial charge in [-0.15, -0.1) is 0 Å². The Morgan fingerprint density at radius 1 is 1.42 bits per heavy atom. The number of ether oxygens (including phenoxy) is 1. The van der Waals surface area contributed by atoms with Gasteiger partial charge in [0.25, 0.3) is 11.2 Å². The predicted octanol–water partition coefficient (Wildman–Crippen LogP) is 1.23. The van der Waals surface area contributed by atoms with E-state index in [1.807, 2.05) is 0 Å². The Labute approximate surface area is 134 Å². The number of hydrogen-bond acceptors (Lipinski definition) is 6. The highest BCUT2D eigenvalue weighted by Gasteiger charge is 2.20. The molecule has 0 bridgehead atoms. The van der Waals surface area contributed by atoms with Crippen LogP contribution in [0.3, 0.4) is 0 Å². The Kier molecular flexibility index (Phi) is 3.72. The molecular weight excluding hydrogens is 321 g/mol. The first-order chi connectivity index (χ1) is 11.4. The third-order valence-electron chi connectivity index (χ3n) is 3.61. The normalized spacial score (nSPS) is 11.0. The van der Waals surface area contributed by atoms with E-state index in [1.54, 1.807) is 7.05 Å². The summed E-state index contributed by atoms with van der Waals surface area (Å²) in [5.41, 5.74) is -0.301. The minimum atomic E-state index is -0.846. The Bertz CT molecular complexity index is 1010. The van der Waals surface area contributed by atoms with Crippen LogP contribution in [0, 0.1) is 15.9 Å². The third-order valence-corrected chi connectivity index (χ3v) is 3.61. The van der Waals surface area contributed by atoms with Crippen molar-refractivity contribution in [2.75, 3.05) is 7.11 Å². The number of rotatable bonds is 4. The molecule has 0 fully saturated rings. The van der Waals surface area contributed by atoms with Crippen LogP contribution in [-0.2, 0) is 13.6 Å². The molecule has 3 aromatic rings. The SMILES string of the molecule is COc1cc(Cn2cnc3c(cnn3C)c2=O)c([N+](=O)[O-])cc1F. The van der Waals surface area contributed by atoms with E-state index in [0.29, 0.717) is 5.65 Å². The number of aryl methyl sites for hydroxylation is 1. The molecule has 0 radical (unpaired) electrons. The average molecular weight is 333 g/mol. The molecule has 124 valence electrons. The van der Waals surface area contributed by atoms with E-state index in [9.17, 15) is 19.3 Å². The van der Waals surface area contributed by atoms with E-state index in [1.165, 1.54) is 34.9 Å². The zero-order valence-corrected chi connectivity index (χ0v) is 12.8. The summed E-state index contributed by atoms with van der Waals surface area (Å²) in [5, 5.41) is 15.4. The summed E-state index contributed by atoms with van der Waals surface area (Å²) in [5.74, 6) is -0.986. The lowest BCUT2D eigenvalue weighted by atomic mass is 10.1. The second-order valence-corrected chi connectivity index (χ2v) is 5.06. The van der Waals surface area contributed by atoms with Crippen molar-refractivity contribution in [2.45, 2.75) is 6.54 Å². The summed E-state index contributed by atoms with van der Waals surface area (Å²) in [6.07, 6.45) is 2.65. The van der Waals surface area contributed by atoms with Gasteiger partial charge in [-0.3, -0.25) is 24.2 Å². The monoisotopic (exact) mass is 333 g/mol. The number of hydrogen-bond donors (Lipinski definition) is 0. The Balaban J connectivity index is 2.13. The van der Waals surface area contributed by atoms with Crippen LogP contribution in [0.25, 0.3) is 11.0 Å². The van der Waals surface area contributed by atoms with Crippen LogP contribution in [0.1, 0.15) is 5.56 Å². The van der Waals surface area contributed by atoms with E-state index in [2.05, 4.69) is 10.1 Å². The summed E-state index contributed by atoms with van der Waals surface area (Å²) < 4.78 is 21.2. The van der Waals surface area contributed by atoms with Crippen molar-refractivity contribution < 1.29 is 14.1 Å². The summed E-state index contributed by atoms with van der Waals surface area (Å²) in [6.45, 7) is -0.149. The molecule has 0 unspecified atom stereocenters. The molecule has 0 spiro atoms. The van der Waals surface area contributed by atoms with Crippen LogP contribution in [-0.4, -0.2) is 31.4 Å². The van der Waals surface area contributed by atoms with Gasteiger partial charge in [-0.2, -0.15) is 5.10 Å². The lowest BCUT2D eigenvalue weighted by molar-refractivity contribution is -0.385. The van der Waals surface area contributed by atoms with E-state index < -0.39 is 22.0 Å². The van der Waals surface area contributed by atoms with Crippen LogP contribution < -0.4 is 10.3 Å².